The summed E-state index contributed by atoms with van der Waals surface area (Å²) >= 11 is 0. The molecule has 3 rings (SSSR count). The van der Waals surface area contributed by atoms with Gasteiger partial charge in [-0.1, -0.05) is 0 Å². The van der Waals surface area contributed by atoms with E-state index in [4.69, 9.17) is 18.9 Å². The predicted molar refractivity (Wildman–Crippen MR) is 48.1 cm³/mol. The van der Waals surface area contributed by atoms with E-state index >= 15 is 0 Å². The highest BCUT2D eigenvalue weighted by Gasteiger charge is 2.56. The zero-order valence-electron chi connectivity index (χ0n) is 8.76. The molecule has 0 saturated carbocycles. The summed E-state index contributed by atoms with van der Waals surface area (Å²) < 4.78 is 22.1. The maximum atomic E-state index is 11.2. The van der Waals surface area contributed by atoms with Crippen molar-refractivity contribution in [1.82, 2.24) is 0 Å². The third-order valence-electron chi connectivity index (χ3n) is 3.02. The molecule has 0 amide bonds. The molecule has 3 fully saturated rings. The summed E-state index contributed by atoms with van der Waals surface area (Å²) in [5.41, 5.74) is 0. The number of ether oxygens (including phenoxy) is 4. The Balaban J connectivity index is 1.85. The van der Waals surface area contributed by atoms with Crippen LogP contribution in [0.1, 0.15) is 20.3 Å². The van der Waals surface area contributed by atoms with Gasteiger partial charge < -0.3 is 18.9 Å². The van der Waals surface area contributed by atoms with Crippen LogP contribution in [0.2, 0.25) is 0 Å². The Bertz CT molecular complexity index is 300. The highest BCUT2D eigenvalue weighted by atomic mass is 16.8. The van der Waals surface area contributed by atoms with Crippen molar-refractivity contribution in [3.05, 3.63) is 0 Å². The van der Waals surface area contributed by atoms with Gasteiger partial charge in [-0.25, -0.2) is 0 Å². The number of rotatable bonds is 0. The van der Waals surface area contributed by atoms with Crippen LogP contribution in [0.4, 0.5) is 0 Å². The SMILES string of the molecule is CC1(C)O[C@@H]2[C@H](O1)[C@H]1COC(=O)C[C@@H]2O1. The molecule has 4 atom stereocenters. The lowest BCUT2D eigenvalue weighted by atomic mass is 10.1. The summed E-state index contributed by atoms with van der Waals surface area (Å²) in [6, 6.07) is 0. The number of carbonyl (C=O) groups is 1. The molecular formula is C10H14O5. The van der Waals surface area contributed by atoms with E-state index < -0.39 is 5.79 Å². The minimum atomic E-state index is -0.580. The molecule has 0 aromatic carbocycles. The van der Waals surface area contributed by atoms with Crippen LogP contribution in [0.15, 0.2) is 0 Å². The van der Waals surface area contributed by atoms with E-state index in [9.17, 15) is 4.79 Å². The van der Waals surface area contributed by atoms with Crippen molar-refractivity contribution in [3.63, 3.8) is 0 Å². The maximum Gasteiger partial charge on any atom is 0.308 e. The molecule has 3 aliphatic heterocycles. The van der Waals surface area contributed by atoms with Gasteiger partial charge in [0.05, 0.1) is 12.5 Å². The van der Waals surface area contributed by atoms with Crippen LogP contribution in [0.25, 0.3) is 0 Å². The Morgan fingerprint density at radius 1 is 1.20 bits per heavy atom. The lowest BCUT2D eigenvalue weighted by Crippen LogP contribution is -2.35. The van der Waals surface area contributed by atoms with Gasteiger partial charge in [-0.15, -0.1) is 0 Å². The lowest BCUT2D eigenvalue weighted by molar-refractivity contribution is -0.186. The van der Waals surface area contributed by atoms with Crippen LogP contribution in [-0.2, 0) is 23.7 Å². The third kappa shape index (κ3) is 1.46. The molecule has 0 aromatic heterocycles. The number of hydrogen-bond donors (Lipinski definition) is 0. The van der Waals surface area contributed by atoms with Gasteiger partial charge in [-0.3, -0.25) is 4.79 Å². The van der Waals surface area contributed by atoms with E-state index in [0.29, 0.717) is 0 Å². The minimum absolute atomic E-state index is 0.0990. The lowest BCUT2D eigenvalue weighted by Gasteiger charge is -2.21. The normalized spacial score (nSPS) is 47.2. The number of hydrogen-bond acceptors (Lipinski definition) is 5. The Kier molecular flexibility index (Phi) is 1.87. The van der Waals surface area contributed by atoms with Crippen LogP contribution in [-0.4, -0.2) is 42.8 Å². The van der Waals surface area contributed by atoms with Gasteiger partial charge in [0, 0.05) is 0 Å². The number of carbonyl (C=O) groups excluding carboxylic acids is 1. The summed E-state index contributed by atoms with van der Waals surface area (Å²) in [6.45, 7) is 4.02. The molecule has 0 aromatic rings. The zero-order chi connectivity index (χ0) is 10.6. The molecule has 3 heterocycles. The van der Waals surface area contributed by atoms with Gasteiger partial charge in [-0.2, -0.15) is 0 Å². The average Bonchev–Trinajstić information content (AvgIpc) is 2.51. The molecule has 5 heteroatoms. The van der Waals surface area contributed by atoms with Gasteiger partial charge >= 0.3 is 5.97 Å². The topological polar surface area (TPSA) is 54.0 Å². The Labute approximate surface area is 87.6 Å². The van der Waals surface area contributed by atoms with Gasteiger partial charge in [-0.05, 0) is 13.8 Å². The van der Waals surface area contributed by atoms with Crippen molar-refractivity contribution in [2.75, 3.05) is 6.61 Å². The third-order valence-corrected chi connectivity index (χ3v) is 3.02. The minimum Gasteiger partial charge on any atom is -0.463 e. The van der Waals surface area contributed by atoms with Crippen LogP contribution in [0, 0.1) is 0 Å². The van der Waals surface area contributed by atoms with E-state index in [2.05, 4.69) is 0 Å². The van der Waals surface area contributed by atoms with Crippen molar-refractivity contribution in [1.29, 1.82) is 0 Å². The number of cyclic esters (lactones) is 1. The molecule has 0 radical (unpaired) electrons. The zero-order valence-corrected chi connectivity index (χ0v) is 8.76. The molecule has 5 nitrogen and oxygen atoms in total. The Morgan fingerprint density at radius 3 is 2.60 bits per heavy atom. The molecule has 15 heavy (non-hydrogen) atoms. The van der Waals surface area contributed by atoms with Gasteiger partial charge in [0.1, 0.15) is 24.9 Å². The van der Waals surface area contributed by atoms with Crippen LogP contribution in [0.3, 0.4) is 0 Å². The first-order valence-corrected chi connectivity index (χ1v) is 5.22. The smallest absolute Gasteiger partial charge is 0.308 e. The van der Waals surface area contributed by atoms with E-state index in [1.165, 1.54) is 0 Å². The second kappa shape index (κ2) is 2.93. The Morgan fingerprint density at radius 2 is 1.87 bits per heavy atom. The van der Waals surface area contributed by atoms with Crippen LogP contribution < -0.4 is 0 Å². The second-order valence-electron chi connectivity index (χ2n) is 4.66. The Hall–Kier alpha value is -0.650. The maximum absolute atomic E-state index is 11.2. The molecule has 0 unspecified atom stereocenters. The second-order valence-corrected chi connectivity index (χ2v) is 4.66. The van der Waals surface area contributed by atoms with Crippen molar-refractivity contribution < 1.29 is 23.7 Å². The first-order valence-electron chi connectivity index (χ1n) is 5.22. The van der Waals surface area contributed by atoms with Crippen molar-refractivity contribution in [3.8, 4) is 0 Å². The van der Waals surface area contributed by atoms with Gasteiger partial charge in [0.2, 0.25) is 0 Å². The summed E-state index contributed by atoms with van der Waals surface area (Å²) in [5, 5.41) is 0. The first kappa shape index (κ1) is 9.57. The number of esters is 1. The standard InChI is InChI=1S/C10H14O5/c1-10(2)14-8-5-3-7(11)12-4-6(13-5)9(8)15-10/h5-6,8-9H,3-4H2,1-2H3/t5-,6+,8-,9+/m0/s1. The van der Waals surface area contributed by atoms with E-state index in [-0.39, 0.29) is 43.4 Å². The van der Waals surface area contributed by atoms with Crippen molar-refractivity contribution in [2.45, 2.75) is 50.5 Å². The van der Waals surface area contributed by atoms with E-state index in [1.54, 1.807) is 0 Å². The summed E-state index contributed by atoms with van der Waals surface area (Å²) in [5.74, 6) is -0.794. The first-order chi connectivity index (χ1) is 7.05. The van der Waals surface area contributed by atoms with Crippen molar-refractivity contribution in [2.24, 2.45) is 0 Å². The quantitative estimate of drug-likeness (QED) is 0.540. The van der Waals surface area contributed by atoms with Crippen LogP contribution >= 0.6 is 0 Å². The summed E-state index contributed by atoms with van der Waals surface area (Å²) in [6.07, 6.45) is -0.349. The molecule has 0 N–H and O–H groups in total. The molecular weight excluding hydrogens is 200 g/mol. The fraction of sp³-hybridized carbons (Fsp3) is 0.900. The highest BCUT2D eigenvalue weighted by Crippen LogP contribution is 2.40. The predicted octanol–water partition coefficient (Wildman–Crippen LogP) is 0.221. The molecule has 3 saturated heterocycles. The molecule has 0 spiro atoms. The van der Waals surface area contributed by atoms with E-state index in [0.717, 1.165) is 0 Å². The fourth-order valence-corrected chi connectivity index (χ4v) is 2.47. The van der Waals surface area contributed by atoms with Gasteiger partial charge in [0.15, 0.2) is 5.79 Å². The monoisotopic (exact) mass is 214 g/mol. The molecule has 2 bridgehead atoms. The number of fused-ring (bicyclic) bond motifs is 5. The summed E-state index contributed by atoms with van der Waals surface area (Å²) in [7, 11) is 0. The molecule has 0 aliphatic carbocycles. The van der Waals surface area contributed by atoms with Crippen molar-refractivity contribution >= 4 is 5.97 Å². The molecule has 84 valence electrons. The van der Waals surface area contributed by atoms with Crippen LogP contribution in [0.5, 0.6) is 0 Å². The van der Waals surface area contributed by atoms with E-state index in [1.807, 2.05) is 13.8 Å². The fourth-order valence-electron chi connectivity index (χ4n) is 2.47. The summed E-state index contributed by atoms with van der Waals surface area (Å²) in [4.78, 5) is 11.2. The highest BCUT2D eigenvalue weighted by molar-refractivity contribution is 5.70. The average molecular weight is 214 g/mol. The van der Waals surface area contributed by atoms with Gasteiger partial charge in [0.25, 0.3) is 0 Å². The largest absolute Gasteiger partial charge is 0.463 e. The molecule has 3 aliphatic rings.